The second-order valence-electron chi connectivity index (χ2n) is 4.62. The lowest BCUT2D eigenvalue weighted by Gasteiger charge is -2.06. The molecule has 96 valence electrons. The Bertz CT molecular complexity index is 773. The first kappa shape index (κ1) is 11.6. The van der Waals surface area contributed by atoms with E-state index in [9.17, 15) is 0 Å². The van der Waals surface area contributed by atoms with Gasteiger partial charge in [-0.15, -0.1) is 0 Å². The van der Waals surface area contributed by atoms with Crippen LogP contribution in [0.4, 0.5) is 5.82 Å². The van der Waals surface area contributed by atoms with E-state index in [4.69, 9.17) is 5.73 Å². The average molecular weight is 253 g/mol. The highest BCUT2D eigenvalue weighted by Crippen LogP contribution is 2.29. The Kier molecular flexibility index (Phi) is 2.48. The van der Waals surface area contributed by atoms with Crippen molar-refractivity contribution in [3.05, 3.63) is 35.7 Å². The predicted molar refractivity (Wildman–Crippen MR) is 75.6 cm³/mol. The molecule has 3 aromatic rings. The Labute approximate surface area is 111 Å². The minimum Gasteiger partial charge on any atom is -0.382 e. The number of benzene rings is 1. The van der Waals surface area contributed by atoms with Gasteiger partial charge in [-0.2, -0.15) is 5.10 Å². The molecule has 19 heavy (non-hydrogen) atoms. The summed E-state index contributed by atoms with van der Waals surface area (Å²) in [4.78, 5) is 9.06. The van der Waals surface area contributed by atoms with Crippen LogP contribution < -0.4 is 5.73 Å². The first-order valence-corrected chi connectivity index (χ1v) is 6.10. The number of aryl methyl sites for hydroxylation is 2. The number of nitrogens with two attached hydrogens (primary N) is 1. The van der Waals surface area contributed by atoms with Crippen LogP contribution in [0, 0.1) is 13.8 Å². The van der Waals surface area contributed by atoms with Crippen LogP contribution in [0.3, 0.4) is 0 Å². The number of fused-ring (bicyclic) bond motifs is 1. The number of anilines is 1. The number of hydrogen-bond acceptors (Lipinski definition) is 4. The quantitative estimate of drug-likeness (QED) is 0.722. The lowest BCUT2D eigenvalue weighted by Crippen LogP contribution is -2.00. The summed E-state index contributed by atoms with van der Waals surface area (Å²) in [6.07, 6.45) is 0. The van der Waals surface area contributed by atoms with Crippen LogP contribution in [-0.2, 0) is 7.05 Å². The van der Waals surface area contributed by atoms with Crippen LogP contribution >= 0.6 is 0 Å². The van der Waals surface area contributed by atoms with Crippen molar-refractivity contribution in [3.8, 4) is 11.3 Å². The molecule has 2 N–H and O–H groups in total. The standard InChI is InChI=1S/C14H15N5/c1-8-12(9(2)19(3)18-8)13-14(15)17-11-7-5-4-6-10(11)16-13/h4-7H,1-3H3,(H2,15,17). The lowest BCUT2D eigenvalue weighted by molar-refractivity contribution is 0.731. The van der Waals surface area contributed by atoms with E-state index in [0.717, 1.165) is 28.0 Å². The molecule has 5 nitrogen and oxygen atoms in total. The number of nitrogen functional groups attached to an aromatic ring is 1. The molecule has 0 spiro atoms. The maximum Gasteiger partial charge on any atom is 0.150 e. The summed E-state index contributed by atoms with van der Waals surface area (Å²) in [7, 11) is 1.91. The topological polar surface area (TPSA) is 69.6 Å². The smallest absolute Gasteiger partial charge is 0.150 e. The van der Waals surface area contributed by atoms with E-state index in [2.05, 4.69) is 15.1 Å². The third-order valence-corrected chi connectivity index (χ3v) is 3.34. The highest BCUT2D eigenvalue weighted by Gasteiger charge is 2.17. The van der Waals surface area contributed by atoms with Gasteiger partial charge in [-0.05, 0) is 26.0 Å². The largest absolute Gasteiger partial charge is 0.382 e. The number of nitrogens with zero attached hydrogens (tertiary/aromatic N) is 4. The van der Waals surface area contributed by atoms with E-state index in [-0.39, 0.29) is 0 Å². The molecule has 2 heterocycles. The zero-order valence-corrected chi connectivity index (χ0v) is 11.2. The molecule has 0 amide bonds. The molecular formula is C14H15N5. The van der Waals surface area contributed by atoms with Gasteiger partial charge in [0.1, 0.15) is 5.69 Å². The Balaban J connectivity index is 2.33. The Morgan fingerprint density at radius 2 is 1.68 bits per heavy atom. The highest BCUT2D eigenvalue weighted by molar-refractivity contribution is 5.83. The van der Waals surface area contributed by atoms with Crippen LogP contribution in [0.25, 0.3) is 22.3 Å². The van der Waals surface area contributed by atoms with E-state index in [1.165, 1.54) is 0 Å². The molecule has 0 atom stereocenters. The van der Waals surface area contributed by atoms with Crippen LogP contribution in [0.1, 0.15) is 11.4 Å². The second-order valence-corrected chi connectivity index (χ2v) is 4.62. The van der Waals surface area contributed by atoms with Crippen molar-refractivity contribution in [2.45, 2.75) is 13.8 Å². The molecule has 3 rings (SSSR count). The van der Waals surface area contributed by atoms with E-state index in [1.54, 1.807) is 0 Å². The maximum atomic E-state index is 6.06. The minimum absolute atomic E-state index is 0.443. The van der Waals surface area contributed by atoms with Crippen molar-refractivity contribution in [2.24, 2.45) is 7.05 Å². The van der Waals surface area contributed by atoms with Gasteiger partial charge < -0.3 is 5.73 Å². The Morgan fingerprint density at radius 1 is 1.05 bits per heavy atom. The average Bonchev–Trinajstić information content (AvgIpc) is 2.63. The van der Waals surface area contributed by atoms with Gasteiger partial charge in [0, 0.05) is 18.3 Å². The SMILES string of the molecule is Cc1nn(C)c(C)c1-c1nc2ccccc2nc1N. The van der Waals surface area contributed by atoms with Crippen LogP contribution in [0.5, 0.6) is 0 Å². The third kappa shape index (κ3) is 1.74. The van der Waals surface area contributed by atoms with Gasteiger partial charge in [-0.3, -0.25) is 4.68 Å². The van der Waals surface area contributed by atoms with Gasteiger partial charge in [0.2, 0.25) is 0 Å². The summed E-state index contributed by atoms with van der Waals surface area (Å²) < 4.78 is 1.83. The summed E-state index contributed by atoms with van der Waals surface area (Å²) in [5, 5.41) is 4.40. The molecule has 0 unspecified atom stereocenters. The molecule has 0 aliphatic rings. The molecule has 0 saturated heterocycles. The van der Waals surface area contributed by atoms with Crippen LogP contribution in [0.15, 0.2) is 24.3 Å². The molecule has 0 radical (unpaired) electrons. The van der Waals surface area contributed by atoms with Crippen molar-refractivity contribution in [1.82, 2.24) is 19.7 Å². The van der Waals surface area contributed by atoms with Gasteiger partial charge in [0.25, 0.3) is 0 Å². The van der Waals surface area contributed by atoms with Crippen LogP contribution in [0.2, 0.25) is 0 Å². The number of para-hydroxylation sites is 2. The molecule has 0 fully saturated rings. The number of aromatic nitrogens is 4. The van der Waals surface area contributed by atoms with Crippen molar-refractivity contribution in [1.29, 1.82) is 0 Å². The summed E-state index contributed by atoms with van der Waals surface area (Å²) in [5.41, 5.74) is 11.3. The molecule has 0 bridgehead atoms. The normalized spacial score (nSPS) is 11.1. The van der Waals surface area contributed by atoms with E-state index in [0.29, 0.717) is 11.5 Å². The first-order chi connectivity index (χ1) is 9.08. The molecule has 5 heteroatoms. The summed E-state index contributed by atoms with van der Waals surface area (Å²) >= 11 is 0. The molecule has 0 aliphatic heterocycles. The lowest BCUT2D eigenvalue weighted by atomic mass is 10.1. The monoisotopic (exact) mass is 253 g/mol. The molecule has 2 aromatic heterocycles. The fraction of sp³-hybridized carbons (Fsp3) is 0.214. The molecule has 0 saturated carbocycles. The summed E-state index contributed by atoms with van der Waals surface area (Å²) in [5.74, 6) is 0.443. The fourth-order valence-electron chi connectivity index (χ4n) is 2.31. The van der Waals surface area contributed by atoms with Gasteiger partial charge >= 0.3 is 0 Å². The van der Waals surface area contributed by atoms with E-state index < -0.39 is 0 Å². The summed E-state index contributed by atoms with van der Waals surface area (Å²) in [6, 6.07) is 7.72. The van der Waals surface area contributed by atoms with Gasteiger partial charge in [0.15, 0.2) is 5.82 Å². The van der Waals surface area contributed by atoms with Crippen molar-refractivity contribution >= 4 is 16.9 Å². The van der Waals surface area contributed by atoms with Gasteiger partial charge in [-0.1, -0.05) is 12.1 Å². The second kappa shape index (κ2) is 4.05. The molecule has 0 aliphatic carbocycles. The van der Waals surface area contributed by atoms with Crippen molar-refractivity contribution < 1.29 is 0 Å². The van der Waals surface area contributed by atoms with Crippen LogP contribution in [-0.4, -0.2) is 19.7 Å². The zero-order valence-electron chi connectivity index (χ0n) is 11.2. The minimum atomic E-state index is 0.443. The predicted octanol–water partition coefficient (Wildman–Crippen LogP) is 2.23. The molecular weight excluding hydrogens is 238 g/mol. The number of rotatable bonds is 1. The number of hydrogen-bond donors (Lipinski definition) is 1. The fourth-order valence-corrected chi connectivity index (χ4v) is 2.31. The van der Waals surface area contributed by atoms with E-state index >= 15 is 0 Å². The first-order valence-electron chi connectivity index (χ1n) is 6.10. The van der Waals surface area contributed by atoms with Crippen molar-refractivity contribution in [2.75, 3.05) is 5.73 Å². The van der Waals surface area contributed by atoms with E-state index in [1.807, 2.05) is 49.8 Å². The Hall–Kier alpha value is -2.43. The third-order valence-electron chi connectivity index (χ3n) is 3.34. The zero-order chi connectivity index (χ0) is 13.6. The van der Waals surface area contributed by atoms with Gasteiger partial charge in [0.05, 0.1) is 16.7 Å². The molecule has 1 aromatic carbocycles. The summed E-state index contributed by atoms with van der Waals surface area (Å²) in [6.45, 7) is 3.96. The Morgan fingerprint density at radius 3 is 2.26 bits per heavy atom. The van der Waals surface area contributed by atoms with Crippen molar-refractivity contribution in [3.63, 3.8) is 0 Å². The highest BCUT2D eigenvalue weighted by atomic mass is 15.3. The maximum absolute atomic E-state index is 6.06. The van der Waals surface area contributed by atoms with Gasteiger partial charge in [-0.25, -0.2) is 9.97 Å².